The molecule has 1 aromatic heterocycles. The minimum atomic E-state index is -0.190. The number of para-hydroxylation sites is 2. The van der Waals surface area contributed by atoms with E-state index in [-0.39, 0.29) is 30.9 Å². The van der Waals surface area contributed by atoms with Crippen molar-refractivity contribution >= 4 is 38.8 Å². The first kappa shape index (κ1) is 23.7. The summed E-state index contributed by atoms with van der Waals surface area (Å²) in [4.78, 5) is 32.6. The number of aromatic nitrogens is 2. The molecular weight excluding hydrogens is 492 g/mol. The van der Waals surface area contributed by atoms with Gasteiger partial charge in [-0.2, -0.15) is 0 Å². The van der Waals surface area contributed by atoms with Crippen LogP contribution in [0.1, 0.15) is 35.6 Å². The van der Waals surface area contributed by atoms with Crippen molar-refractivity contribution in [1.29, 1.82) is 0 Å². The van der Waals surface area contributed by atoms with Crippen molar-refractivity contribution in [2.45, 2.75) is 39.5 Å². The first-order chi connectivity index (χ1) is 16.4. The van der Waals surface area contributed by atoms with E-state index in [1.807, 2.05) is 90.0 Å². The Labute approximate surface area is 207 Å². The lowest BCUT2D eigenvalue weighted by Gasteiger charge is -2.27. The van der Waals surface area contributed by atoms with E-state index in [0.717, 1.165) is 21.1 Å². The molecule has 0 aliphatic heterocycles. The molecule has 7 heteroatoms. The number of carbonyl (C=O) groups excluding carboxylic acids is 2. The van der Waals surface area contributed by atoms with Gasteiger partial charge in [-0.15, -0.1) is 0 Å². The summed E-state index contributed by atoms with van der Waals surface area (Å²) < 4.78 is 2.81. The summed E-state index contributed by atoms with van der Waals surface area (Å²) in [5, 5.41) is 2.94. The highest BCUT2D eigenvalue weighted by atomic mass is 79.9. The van der Waals surface area contributed by atoms with Gasteiger partial charge >= 0.3 is 0 Å². The maximum atomic E-state index is 13.4. The van der Waals surface area contributed by atoms with E-state index in [4.69, 9.17) is 4.98 Å². The van der Waals surface area contributed by atoms with Crippen molar-refractivity contribution in [3.63, 3.8) is 0 Å². The van der Waals surface area contributed by atoms with Crippen molar-refractivity contribution in [2.75, 3.05) is 0 Å². The van der Waals surface area contributed by atoms with Crippen LogP contribution in [0.15, 0.2) is 83.3 Å². The van der Waals surface area contributed by atoms with Crippen LogP contribution in [0, 0.1) is 0 Å². The second kappa shape index (κ2) is 10.7. The smallest absolute Gasteiger partial charge is 0.251 e. The van der Waals surface area contributed by atoms with Crippen LogP contribution in [0.4, 0.5) is 0 Å². The number of imidazole rings is 1. The Bertz CT molecular complexity index is 1280. The number of carbonyl (C=O) groups is 2. The van der Waals surface area contributed by atoms with Crippen LogP contribution >= 0.6 is 15.9 Å². The molecule has 0 fully saturated rings. The predicted octanol–water partition coefficient (Wildman–Crippen LogP) is 5.17. The Morgan fingerprint density at radius 1 is 0.971 bits per heavy atom. The van der Waals surface area contributed by atoms with Crippen LogP contribution in [0.2, 0.25) is 0 Å². The molecule has 2 amide bonds. The third-order valence-corrected chi connectivity index (χ3v) is 6.21. The summed E-state index contributed by atoms with van der Waals surface area (Å²) in [6, 6.07) is 24.9. The molecule has 0 saturated carbocycles. The summed E-state index contributed by atoms with van der Waals surface area (Å²) in [6.45, 7) is 4.95. The van der Waals surface area contributed by atoms with Crippen LogP contribution in [0.25, 0.3) is 11.0 Å². The largest absolute Gasteiger partial charge is 0.345 e. The zero-order chi connectivity index (χ0) is 24.1. The van der Waals surface area contributed by atoms with Gasteiger partial charge in [-0.3, -0.25) is 9.59 Å². The van der Waals surface area contributed by atoms with Crippen molar-refractivity contribution < 1.29 is 9.59 Å². The first-order valence-corrected chi connectivity index (χ1v) is 12.0. The molecule has 0 atom stereocenters. The first-order valence-electron chi connectivity index (χ1n) is 11.2. The van der Waals surface area contributed by atoms with Crippen LogP contribution in [-0.2, 0) is 24.4 Å². The van der Waals surface area contributed by atoms with Gasteiger partial charge in [0.25, 0.3) is 5.91 Å². The zero-order valence-corrected chi connectivity index (χ0v) is 20.8. The van der Waals surface area contributed by atoms with Gasteiger partial charge < -0.3 is 14.8 Å². The SMILES string of the molecule is CC(C)N(Cc1ccccc1)C(=O)Cn1c(CNC(=O)c2ccc(Br)cc2)nc2ccccc21. The Morgan fingerprint density at radius 3 is 2.35 bits per heavy atom. The third kappa shape index (κ3) is 5.54. The number of halogens is 1. The van der Waals surface area contributed by atoms with E-state index >= 15 is 0 Å². The molecule has 4 rings (SSSR count). The van der Waals surface area contributed by atoms with E-state index in [9.17, 15) is 9.59 Å². The Kier molecular flexibility index (Phi) is 7.43. The fourth-order valence-corrected chi connectivity index (χ4v) is 4.13. The predicted molar refractivity (Wildman–Crippen MR) is 137 cm³/mol. The van der Waals surface area contributed by atoms with E-state index in [0.29, 0.717) is 17.9 Å². The van der Waals surface area contributed by atoms with Gasteiger partial charge in [0.2, 0.25) is 5.91 Å². The van der Waals surface area contributed by atoms with Gasteiger partial charge in [-0.1, -0.05) is 58.4 Å². The van der Waals surface area contributed by atoms with Gasteiger partial charge in [-0.25, -0.2) is 4.98 Å². The van der Waals surface area contributed by atoms with E-state index < -0.39 is 0 Å². The number of amides is 2. The van der Waals surface area contributed by atoms with Crippen molar-refractivity contribution in [3.8, 4) is 0 Å². The second-order valence-corrected chi connectivity index (χ2v) is 9.31. The highest BCUT2D eigenvalue weighted by Gasteiger charge is 2.21. The molecule has 0 saturated heterocycles. The fraction of sp³-hybridized carbons (Fsp3) is 0.222. The highest BCUT2D eigenvalue weighted by Crippen LogP contribution is 2.18. The summed E-state index contributed by atoms with van der Waals surface area (Å²) >= 11 is 3.38. The minimum Gasteiger partial charge on any atom is -0.345 e. The molecule has 0 bridgehead atoms. The molecule has 1 N–H and O–H groups in total. The highest BCUT2D eigenvalue weighted by molar-refractivity contribution is 9.10. The number of fused-ring (bicyclic) bond motifs is 1. The topological polar surface area (TPSA) is 67.2 Å². The summed E-state index contributed by atoms with van der Waals surface area (Å²) in [6.07, 6.45) is 0. The lowest BCUT2D eigenvalue weighted by atomic mass is 10.2. The molecule has 1 heterocycles. The molecular formula is C27H27BrN4O2. The lowest BCUT2D eigenvalue weighted by Crippen LogP contribution is -2.39. The van der Waals surface area contributed by atoms with Crippen LogP contribution in [-0.4, -0.2) is 32.3 Å². The van der Waals surface area contributed by atoms with Gasteiger partial charge in [0.05, 0.1) is 17.6 Å². The van der Waals surface area contributed by atoms with Gasteiger partial charge in [-0.05, 0) is 55.8 Å². The monoisotopic (exact) mass is 518 g/mol. The molecule has 0 unspecified atom stereocenters. The van der Waals surface area contributed by atoms with Crippen LogP contribution < -0.4 is 5.32 Å². The zero-order valence-electron chi connectivity index (χ0n) is 19.2. The summed E-state index contributed by atoms with van der Waals surface area (Å²) in [7, 11) is 0. The maximum Gasteiger partial charge on any atom is 0.251 e. The van der Waals surface area contributed by atoms with E-state index in [2.05, 4.69) is 21.2 Å². The summed E-state index contributed by atoms with van der Waals surface area (Å²) in [5.74, 6) is 0.455. The normalized spacial score (nSPS) is 11.1. The van der Waals surface area contributed by atoms with Gasteiger partial charge in [0.15, 0.2) is 0 Å². The van der Waals surface area contributed by atoms with Crippen molar-refractivity contribution in [1.82, 2.24) is 19.8 Å². The molecule has 6 nitrogen and oxygen atoms in total. The van der Waals surface area contributed by atoms with E-state index in [1.165, 1.54) is 0 Å². The molecule has 174 valence electrons. The molecule has 0 radical (unpaired) electrons. The quantitative estimate of drug-likeness (QED) is 0.350. The molecule has 0 spiro atoms. The van der Waals surface area contributed by atoms with Crippen molar-refractivity contribution in [2.24, 2.45) is 0 Å². The fourth-order valence-electron chi connectivity index (χ4n) is 3.86. The minimum absolute atomic E-state index is 0.00231. The Morgan fingerprint density at radius 2 is 1.65 bits per heavy atom. The van der Waals surface area contributed by atoms with Crippen LogP contribution in [0.3, 0.4) is 0 Å². The molecule has 0 aliphatic rings. The average molecular weight is 519 g/mol. The Hall–Kier alpha value is -3.45. The molecule has 3 aromatic carbocycles. The molecule has 4 aromatic rings. The number of nitrogens with zero attached hydrogens (tertiary/aromatic N) is 3. The van der Waals surface area contributed by atoms with E-state index in [1.54, 1.807) is 12.1 Å². The average Bonchev–Trinajstić information content (AvgIpc) is 3.19. The summed E-state index contributed by atoms with van der Waals surface area (Å²) in [5.41, 5.74) is 3.31. The number of hydrogen-bond acceptors (Lipinski definition) is 3. The molecule has 34 heavy (non-hydrogen) atoms. The lowest BCUT2D eigenvalue weighted by molar-refractivity contribution is -0.134. The maximum absolute atomic E-state index is 13.4. The van der Waals surface area contributed by atoms with Crippen LogP contribution in [0.5, 0.6) is 0 Å². The number of rotatable bonds is 8. The Balaban J connectivity index is 1.56. The number of hydrogen-bond donors (Lipinski definition) is 1. The number of nitrogens with one attached hydrogen (secondary N) is 1. The second-order valence-electron chi connectivity index (χ2n) is 8.39. The van der Waals surface area contributed by atoms with Crippen molar-refractivity contribution in [3.05, 3.63) is 100 Å². The standard InChI is InChI=1S/C27H27BrN4O2/c1-19(2)31(17-20-8-4-3-5-9-20)26(33)18-32-24-11-7-6-10-23(24)30-25(32)16-29-27(34)21-12-14-22(28)15-13-21/h3-15,19H,16-18H2,1-2H3,(H,29,34). The third-order valence-electron chi connectivity index (χ3n) is 5.68. The number of benzene rings is 3. The van der Waals surface area contributed by atoms with Gasteiger partial charge in [0, 0.05) is 22.6 Å². The molecule has 0 aliphatic carbocycles. The van der Waals surface area contributed by atoms with Gasteiger partial charge in [0.1, 0.15) is 12.4 Å².